The molecule has 0 unspecified atom stereocenters. The van der Waals surface area contributed by atoms with Crippen LogP contribution < -0.4 is 0 Å². The van der Waals surface area contributed by atoms with Gasteiger partial charge < -0.3 is 5.11 Å². The van der Waals surface area contributed by atoms with Gasteiger partial charge in [-0.2, -0.15) is 0 Å². The predicted molar refractivity (Wildman–Crippen MR) is 52.7 cm³/mol. The van der Waals surface area contributed by atoms with Crippen LogP contribution in [0.25, 0.3) is 0 Å². The van der Waals surface area contributed by atoms with Crippen LogP contribution in [-0.2, 0) is 21.9 Å². The number of carbonyl (C=O) groups is 1. The molecule has 85 valence electrons. The zero-order chi connectivity index (χ0) is 9.52. The summed E-state index contributed by atoms with van der Waals surface area (Å²) in [6, 6.07) is 0. The second-order valence-corrected chi connectivity index (χ2v) is 4.14. The number of rotatable bonds is 5. The van der Waals surface area contributed by atoms with Gasteiger partial charge in [-0.25, -0.2) is 0 Å². The molecule has 1 N–H and O–H groups in total. The SMILES string of the molecule is O=C(O)CCCCC1CCCCC1.[Cu+2]. The topological polar surface area (TPSA) is 37.3 Å². The van der Waals surface area contributed by atoms with Crippen LogP contribution in [0.5, 0.6) is 0 Å². The van der Waals surface area contributed by atoms with Crippen LogP contribution >= 0.6 is 0 Å². The Labute approximate surface area is 96.9 Å². The molecule has 0 amide bonds. The van der Waals surface area contributed by atoms with E-state index in [2.05, 4.69) is 0 Å². The molecule has 0 spiro atoms. The monoisotopic (exact) mass is 247 g/mol. The molecule has 0 bridgehead atoms. The van der Waals surface area contributed by atoms with Gasteiger partial charge in [-0.15, -0.1) is 0 Å². The maximum absolute atomic E-state index is 10.3. The summed E-state index contributed by atoms with van der Waals surface area (Å²) in [6.45, 7) is 0. The van der Waals surface area contributed by atoms with Crippen LogP contribution in [0.3, 0.4) is 0 Å². The van der Waals surface area contributed by atoms with Crippen LogP contribution in [0.2, 0.25) is 0 Å². The summed E-state index contributed by atoms with van der Waals surface area (Å²) < 4.78 is 0. The van der Waals surface area contributed by atoms with Gasteiger partial charge in [-0.1, -0.05) is 44.9 Å². The van der Waals surface area contributed by atoms with Gasteiger partial charge in [0, 0.05) is 6.42 Å². The minimum absolute atomic E-state index is 0. The van der Waals surface area contributed by atoms with Gasteiger partial charge in [-0.3, -0.25) is 4.79 Å². The molecule has 1 aliphatic rings. The minimum Gasteiger partial charge on any atom is -0.481 e. The Morgan fingerprint density at radius 2 is 1.79 bits per heavy atom. The number of hydrogen-bond acceptors (Lipinski definition) is 1. The van der Waals surface area contributed by atoms with Crippen LogP contribution in [-0.4, -0.2) is 11.1 Å². The van der Waals surface area contributed by atoms with Crippen molar-refractivity contribution in [2.24, 2.45) is 5.92 Å². The van der Waals surface area contributed by atoms with Gasteiger partial charge in [0.05, 0.1) is 0 Å². The standard InChI is InChI=1S/C11H20O2.Cu/c12-11(13)9-5-4-8-10-6-2-1-3-7-10;/h10H,1-9H2,(H,12,13);/q;+2. The molecule has 0 heterocycles. The molecular formula is C11H20CuO2+2. The molecule has 1 radical (unpaired) electrons. The van der Waals surface area contributed by atoms with Crippen molar-refractivity contribution in [3.8, 4) is 0 Å². The molecule has 0 aromatic rings. The van der Waals surface area contributed by atoms with Crippen molar-refractivity contribution in [3.05, 3.63) is 0 Å². The van der Waals surface area contributed by atoms with Crippen LogP contribution in [0.15, 0.2) is 0 Å². The molecule has 0 saturated heterocycles. The van der Waals surface area contributed by atoms with Gasteiger partial charge in [0.2, 0.25) is 0 Å². The van der Waals surface area contributed by atoms with Crippen LogP contribution in [0, 0.1) is 5.92 Å². The molecule has 1 fully saturated rings. The molecule has 1 aliphatic carbocycles. The van der Waals surface area contributed by atoms with Crippen molar-refractivity contribution in [3.63, 3.8) is 0 Å². The average molecular weight is 248 g/mol. The van der Waals surface area contributed by atoms with Crippen molar-refractivity contribution < 1.29 is 27.0 Å². The first kappa shape index (κ1) is 14.0. The Balaban J connectivity index is 0.00000169. The number of aliphatic carboxylic acids is 1. The Morgan fingerprint density at radius 3 is 2.36 bits per heavy atom. The Bertz CT molecular complexity index is 153. The minimum atomic E-state index is -0.649. The maximum Gasteiger partial charge on any atom is 2.00 e. The summed E-state index contributed by atoms with van der Waals surface area (Å²) in [5.74, 6) is 0.256. The van der Waals surface area contributed by atoms with E-state index in [1.54, 1.807) is 0 Å². The number of carboxylic acids is 1. The first-order valence-electron chi connectivity index (χ1n) is 5.51. The fourth-order valence-electron chi connectivity index (χ4n) is 2.19. The summed E-state index contributed by atoms with van der Waals surface area (Å²) in [5.41, 5.74) is 0. The molecular weight excluding hydrogens is 228 g/mol. The number of hydrogen-bond donors (Lipinski definition) is 1. The summed E-state index contributed by atoms with van der Waals surface area (Å²) in [6.07, 6.45) is 10.5. The smallest absolute Gasteiger partial charge is 0.481 e. The number of unbranched alkanes of at least 4 members (excludes halogenated alkanes) is 1. The third-order valence-corrected chi connectivity index (χ3v) is 2.98. The molecule has 1 rings (SSSR count). The van der Waals surface area contributed by atoms with Crippen molar-refractivity contribution in [1.82, 2.24) is 0 Å². The van der Waals surface area contributed by atoms with Crippen molar-refractivity contribution >= 4 is 5.97 Å². The maximum atomic E-state index is 10.3. The van der Waals surface area contributed by atoms with Gasteiger partial charge >= 0.3 is 23.0 Å². The van der Waals surface area contributed by atoms with E-state index < -0.39 is 5.97 Å². The van der Waals surface area contributed by atoms with Gasteiger partial charge in [0.1, 0.15) is 0 Å². The van der Waals surface area contributed by atoms with E-state index in [1.165, 1.54) is 38.5 Å². The first-order valence-corrected chi connectivity index (χ1v) is 5.51. The predicted octanol–water partition coefficient (Wildman–Crippen LogP) is 3.21. The molecule has 3 heteroatoms. The second kappa shape index (κ2) is 8.31. The Hall–Kier alpha value is -0.0105. The summed E-state index contributed by atoms with van der Waals surface area (Å²) in [7, 11) is 0. The van der Waals surface area contributed by atoms with Crippen LogP contribution in [0.4, 0.5) is 0 Å². The molecule has 0 aromatic heterocycles. The summed E-state index contributed by atoms with van der Waals surface area (Å²) in [4.78, 5) is 10.3. The normalized spacial score (nSPS) is 17.4. The van der Waals surface area contributed by atoms with E-state index in [1.807, 2.05) is 0 Å². The number of carboxylic acid groups (broad SMARTS) is 1. The molecule has 0 aliphatic heterocycles. The van der Waals surface area contributed by atoms with Gasteiger partial charge in [-0.05, 0) is 12.3 Å². The third-order valence-electron chi connectivity index (χ3n) is 2.98. The second-order valence-electron chi connectivity index (χ2n) is 4.14. The molecule has 1 saturated carbocycles. The zero-order valence-electron chi connectivity index (χ0n) is 8.60. The van der Waals surface area contributed by atoms with Gasteiger partial charge in [0.15, 0.2) is 0 Å². The molecule has 14 heavy (non-hydrogen) atoms. The average Bonchev–Trinajstić information content (AvgIpc) is 2.14. The largest absolute Gasteiger partial charge is 2.00 e. The first-order chi connectivity index (χ1) is 6.29. The molecule has 0 atom stereocenters. The van der Waals surface area contributed by atoms with Crippen molar-refractivity contribution in [2.45, 2.75) is 57.8 Å². The fourth-order valence-corrected chi connectivity index (χ4v) is 2.19. The quantitative estimate of drug-likeness (QED) is 0.598. The van der Waals surface area contributed by atoms with E-state index >= 15 is 0 Å². The fraction of sp³-hybridized carbons (Fsp3) is 0.909. The van der Waals surface area contributed by atoms with Crippen molar-refractivity contribution in [1.29, 1.82) is 0 Å². The molecule has 0 aromatic carbocycles. The van der Waals surface area contributed by atoms with E-state index in [-0.39, 0.29) is 17.1 Å². The van der Waals surface area contributed by atoms with E-state index in [0.29, 0.717) is 6.42 Å². The Kier molecular flexibility index (Phi) is 8.30. The summed E-state index contributed by atoms with van der Waals surface area (Å²) in [5, 5.41) is 8.45. The third kappa shape index (κ3) is 6.44. The summed E-state index contributed by atoms with van der Waals surface area (Å²) >= 11 is 0. The van der Waals surface area contributed by atoms with Gasteiger partial charge in [0.25, 0.3) is 0 Å². The van der Waals surface area contributed by atoms with Crippen LogP contribution in [0.1, 0.15) is 57.8 Å². The van der Waals surface area contributed by atoms with E-state index in [9.17, 15) is 4.79 Å². The molecule has 2 nitrogen and oxygen atoms in total. The van der Waals surface area contributed by atoms with E-state index in [4.69, 9.17) is 5.11 Å². The van der Waals surface area contributed by atoms with Crippen molar-refractivity contribution in [2.75, 3.05) is 0 Å². The Morgan fingerprint density at radius 1 is 1.14 bits per heavy atom. The zero-order valence-corrected chi connectivity index (χ0v) is 9.54. The van der Waals surface area contributed by atoms with E-state index in [0.717, 1.165) is 18.8 Å².